The van der Waals surface area contributed by atoms with Gasteiger partial charge in [-0.15, -0.1) is 0 Å². The standard InChI is InChI=1S/C18H26BrNO4/c1-11(12(2)18(22)20-7-5-6-8-20)17(21)13-9-15(23-3)16(24-4)10-14(13)19/h9-12,17,21H,5-8H2,1-4H3/t11-,12+,17-/m1/s1. The van der Waals surface area contributed by atoms with Gasteiger partial charge in [-0.1, -0.05) is 29.8 Å². The Kier molecular flexibility index (Phi) is 6.52. The van der Waals surface area contributed by atoms with Crippen LogP contribution in [0.15, 0.2) is 16.6 Å². The number of carbonyl (C=O) groups excluding carboxylic acids is 1. The SMILES string of the molecule is COc1cc(Br)c([C@H](O)[C@H](C)[C@H](C)C(=O)N2CCCC2)cc1OC. The molecule has 0 aliphatic carbocycles. The van der Waals surface area contributed by atoms with Crippen molar-refractivity contribution in [1.82, 2.24) is 4.90 Å². The first-order chi connectivity index (χ1) is 11.4. The summed E-state index contributed by atoms with van der Waals surface area (Å²) in [5.74, 6) is 0.802. The van der Waals surface area contributed by atoms with Gasteiger partial charge in [-0.05, 0) is 36.5 Å². The minimum Gasteiger partial charge on any atom is -0.493 e. The van der Waals surface area contributed by atoms with Crippen molar-refractivity contribution >= 4 is 21.8 Å². The number of amides is 1. The molecular weight excluding hydrogens is 374 g/mol. The van der Waals surface area contributed by atoms with E-state index in [1.807, 2.05) is 18.7 Å². The Morgan fingerprint density at radius 2 is 1.71 bits per heavy atom. The van der Waals surface area contributed by atoms with Gasteiger partial charge in [-0.2, -0.15) is 0 Å². The fourth-order valence-electron chi connectivity index (χ4n) is 3.10. The topological polar surface area (TPSA) is 59.0 Å². The minimum atomic E-state index is -0.777. The Morgan fingerprint density at radius 3 is 2.25 bits per heavy atom. The second-order valence-corrected chi connectivity index (χ2v) is 7.21. The second-order valence-electron chi connectivity index (χ2n) is 6.35. The van der Waals surface area contributed by atoms with E-state index in [-0.39, 0.29) is 17.7 Å². The highest BCUT2D eigenvalue weighted by atomic mass is 79.9. The van der Waals surface area contributed by atoms with E-state index in [4.69, 9.17) is 9.47 Å². The van der Waals surface area contributed by atoms with Crippen LogP contribution < -0.4 is 9.47 Å². The Bertz CT molecular complexity index is 587. The van der Waals surface area contributed by atoms with Gasteiger partial charge in [0.1, 0.15) is 0 Å². The molecule has 0 radical (unpaired) electrons. The van der Waals surface area contributed by atoms with Crippen LogP contribution in [0.3, 0.4) is 0 Å². The van der Waals surface area contributed by atoms with E-state index in [1.54, 1.807) is 26.4 Å². The monoisotopic (exact) mass is 399 g/mol. The molecule has 0 saturated carbocycles. The van der Waals surface area contributed by atoms with Crippen molar-refractivity contribution in [3.63, 3.8) is 0 Å². The first kappa shape index (κ1) is 19.1. The first-order valence-electron chi connectivity index (χ1n) is 8.29. The number of likely N-dealkylation sites (tertiary alicyclic amines) is 1. The van der Waals surface area contributed by atoms with E-state index in [0.29, 0.717) is 17.1 Å². The molecule has 0 bridgehead atoms. The second kappa shape index (κ2) is 8.21. The number of rotatable bonds is 6. The predicted octanol–water partition coefficient (Wildman–Crippen LogP) is 3.39. The average molecular weight is 400 g/mol. The van der Waals surface area contributed by atoms with Gasteiger partial charge in [0.15, 0.2) is 11.5 Å². The van der Waals surface area contributed by atoms with Gasteiger partial charge in [0.25, 0.3) is 0 Å². The fourth-order valence-corrected chi connectivity index (χ4v) is 3.66. The van der Waals surface area contributed by atoms with Crippen LogP contribution in [0.4, 0.5) is 0 Å². The molecule has 24 heavy (non-hydrogen) atoms. The number of hydrogen-bond acceptors (Lipinski definition) is 4. The van der Waals surface area contributed by atoms with Crippen molar-refractivity contribution in [2.45, 2.75) is 32.8 Å². The summed E-state index contributed by atoms with van der Waals surface area (Å²) in [4.78, 5) is 14.5. The lowest BCUT2D eigenvalue weighted by Gasteiger charge is -2.29. The van der Waals surface area contributed by atoms with Gasteiger partial charge in [-0.25, -0.2) is 0 Å². The summed E-state index contributed by atoms with van der Waals surface area (Å²) in [5.41, 5.74) is 0.696. The maximum atomic E-state index is 12.6. The Morgan fingerprint density at radius 1 is 1.17 bits per heavy atom. The zero-order valence-corrected chi connectivity index (χ0v) is 16.3. The van der Waals surface area contributed by atoms with Crippen LogP contribution in [0.25, 0.3) is 0 Å². The number of aliphatic hydroxyl groups excluding tert-OH is 1. The van der Waals surface area contributed by atoms with Crippen molar-refractivity contribution in [1.29, 1.82) is 0 Å². The molecule has 1 amide bonds. The third-order valence-corrected chi connectivity index (χ3v) is 5.60. The third-order valence-electron chi connectivity index (χ3n) is 4.92. The normalized spacial score (nSPS) is 18.2. The molecule has 1 saturated heterocycles. The van der Waals surface area contributed by atoms with Crippen molar-refractivity contribution in [3.8, 4) is 11.5 Å². The van der Waals surface area contributed by atoms with Gasteiger partial charge in [0.2, 0.25) is 5.91 Å². The Labute approximate surface area is 152 Å². The number of aliphatic hydroxyl groups is 1. The molecule has 1 heterocycles. The summed E-state index contributed by atoms with van der Waals surface area (Å²) >= 11 is 3.48. The highest BCUT2D eigenvalue weighted by Gasteiger charge is 2.32. The molecule has 1 fully saturated rings. The number of benzene rings is 1. The summed E-state index contributed by atoms with van der Waals surface area (Å²) in [6, 6.07) is 3.54. The quantitative estimate of drug-likeness (QED) is 0.796. The lowest BCUT2D eigenvalue weighted by molar-refractivity contribution is -0.137. The average Bonchev–Trinajstić information content (AvgIpc) is 3.13. The molecule has 5 nitrogen and oxygen atoms in total. The van der Waals surface area contributed by atoms with Gasteiger partial charge in [0, 0.05) is 23.5 Å². The molecule has 0 spiro atoms. The summed E-state index contributed by atoms with van der Waals surface area (Å²) in [7, 11) is 3.13. The van der Waals surface area contributed by atoms with E-state index in [9.17, 15) is 9.90 Å². The lowest BCUT2D eigenvalue weighted by Crippen LogP contribution is -2.36. The molecule has 134 valence electrons. The molecule has 2 rings (SSSR count). The van der Waals surface area contributed by atoms with Crippen molar-refractivity contribution in [2.24, 2.45) is 11.8 Å². The Balaban J connectivity index is 2.20. The molecule has 3 atom stereocenters. The van der Waals surface area contributed by atoms with E-state index in [1.165, 1.54) is 0 Å². The van der Waals surface area contributed by atoms with Crippen LogP contribution >= 0.6 is 15.9 Å². The zero-order valence-electron chi connectivity index (χ0n) is 14.7. The van der Waals surface area contributed by atoms with Crippen LogP contribution in [0.2, 0.25) is 0 Å². The van der Waals surface area contributed by atoms with Crippen LogP contribution in [0.1, 0.15) is 38.4 Å². The summed E-state index contributed by atoms with van der Waals surface area (Å²) in [5, 5.41) is 10.8. The first-order valence-corrected chi connectivity index (χ1v) is 9.08. The number of halogens is 1. The summed E-state index contributed by atoms with van der Waals surface area (Å²) in [6.07, 6.45) is 1.36. The number of hydrogen-bond donors (Lipinski definition) is 1. The number of ether oxygens (including phenoxy) is 2. The summed E-state index contributed by atoms with van der Waals surface area (Å²) < 4.78 is 11.3. The third kappa shape index (κ3) is 3.86. The molecule has 1 aromatic carbocycles. The van der Waals surface area contributed by atoms with Crippen molar-refractivity contribution in [3.05, 3.63) is 22.2 Å². The van der Waals surface area contributed by atoms with Gasteiger partial charge in [-0.3, -0.25) is 4.79 Å². The minimum absolute atomic E-state index is 0.121. The van der Waals surface area contributed by atoms with Crippen molar-refractivity contribution in [2.75, 3.05) is 27.3 Å². The smallest absolute Gasteiger partial charge is 0.225 e. The van der Waals surface area contributed by atoms with E-state index < -0.39 is 6.10 Å². The fraction of sp³-hybridized carbons (Fsp3) is 0.611. The maximum absolute atomic E-state index is 12.6. The molecule has 1 aliphatic heterocycles. The zero-order chi connectivity index (χ0) is 17.9. The number of nitrogens with zero attached hydrogens (tertiary/aromatic N) is 1. The highest BCUT2D eigenvalue weighted by molar-refractivity contribution is 9.10. The van der Waals surface area contributed by atoms with Gasteiger partial charge in [0.05, 0.1) is 20.3 Å². The van der Waals surface area contributed by atoms with Crippen LogP contribution in [-0.2, 0) is 4.79 Å². The van der Waals surface area contributed by atoms with Crippen molar-refractivity contribution < 1.29 is 19.4 Å². The predicted molar refractivity (Wildman–Crippen MR) is 96.3 cm³/mol. The van der Waals surface area contributed by atoms with Crippen LogP contribution in [0, 0.1) is 11.8 Å². The van der Waals surface area contributed by atoms with Crippen LogP contribution in [-0.4, -0.2) is 43.2 Å². The molecule has 0 unspecified atom stereocenters. The molecule has 6 heteroatoms. The van der Waals surface area contributed by atoms with E-state index in [2.05, 4.69) is 15.9 Å². The van der Waals surface area contributed by atoms with Crippen LogP contribution in [0.5, 0.6) is 11.5 Å². The highest BCUT2D eigenvalue weighted by Crippen LogP contribution is 2.39. The van der Waals surface area contributed by atoms with E-state index >= 15 is 0 Å². The lowest BCUT2D eigenvalue weighted by atomic mass is 9.86. The molecule has 1 aromatic rings. The molecule has 0 aromatic heterocycles. The van der Waals surface area contributed by atoms with Gasteiger partial charge < -0.3 is 19.5 Å². The number of carbonyl (C=O) groups is 1. The summed E-state index contributed by atoms with van der Waals surface area (Å²) in [6.45, 7) is 5.45. The maximum Gasteiger partial charge on any atom is 0.225 e. The molecule has 1 N–H and O–H groups in total. The largest absolute Gasteiger partial charge is 0.493 e. The van der Waals surface area contributed by atoms with E-state index in [0.717, 1.165) is 30.4 Å². The molecule has 1 aliphatic rings. The molecular formula is C18H26BrNO4. The van der Waals surface area contributed by atoms with Gasteiger partial charge >= 0.3 is 0 Å². The number of methoxy groups -OCH3 is 2. The Hall–Kier alpha value is -1.27.